The molecule has 2 rings (SSSR count). The first kappa shape index (κ1) is 13.6. The van der Waals surface area contributed by atoms with Gasteiger partial charge in [0.1, 0.15) is 10.7 Å². The number of hydrogen-bond donors (Lipinski definition) is 1. The fraction of sp³-hybridized carbons (Fsp3) is 0.188. The predicted octanol–water partition coefficient (Wildman–Crippen LogP) is 3.20. The smallest absolute Gasteiger partial charge is 0.118 e. The minimum atomic E-state index is 0.776. The fourth-order valence-electron chi connectivity index (χ4n) is 1.81. The number of nitrogens with one attached hydrogen (secondary N) is 1. The Morgan fingerprint density at radius 2 is 1.74 bits per heavy atom. The van der Waals surface area contributed by atoms with Gasteiger partial charge in [0.25, 0.3) is 0 Å². The highest BCUT2D eigenvalue weighted by Gasteiger charge is 2.01. The summed E-state index contributed by atoms with van der Waals surface area (Å²) in [4.78, 5) is 0.776. The van der Waals surface area contributed by atoms with Gasteiger partial charge >= 0.3 is 0 Å². The quantitative estimate of drug-likeness (QED) is 0.844. The van der Waals surface area contributed by atoms with E-state index >= 15 is 0 Å². The van der Waals surface area contributed by atoms with Crippen molar-refractivity contribution in [1.29, 1.82) is 0 Å². The van der Waals surface area contributed by atoms with Gasteiger partial charge in [-0.3, -0.25) is 0 Å². The molecule has 0 bridgehead atoms. The third-order valence-corrected chi connectivity index (χ3v) is 3.27. The SMILES string of the molecule is COc1ccc(C(=S)NCCc2ccccc2)cc1. The lowest BCUT2D eigenvalue weighted by molar-refractivity contribution is 0.415. The minimum absolute atomic E-state index is 0.776. The highest BCUT2D eigenvalue weighted by Crippen LogP contribution is 2.11. The van der Waals surface area contributed by atoms with E-state index < -0.39 is 0 Å². The Bertz CT molecular complexity index is 522. The molecule has 2 aromatic carbocycles. The van der Waals surface area contributed by atoms with Crippen molar-refractivity contribution in [2.45, 2.75) is 6.42 Å². The molecule has 98 valence electrons. The van der Waals surface area contributed by atoms with Crippen LogP contribution in [0.2, 0.25) is 0 Å². The van der Waals surface area contributed by atoms with E-state index in [1.165, 1.54) is 5.56 Å². The number of ether oxygens (including phenoxy) is 1. The van der Waals surface area contributed by atoms with E-state index in [1.54, 1.807) is 7.11 Å². The van der Waals surface area contributed by atoms with Crippen LogP contribution in [-0.2, 0) is 6.42 Å². The summed E-state index contributed by atoms with van der Waals surface area (Å²) in [6, 6.07) is 18.2. The van der Waals surface area contributed by atoms with Crippen molar-refractivity contribution in [2.24, 2.45) is 0 Å². The van der Waals surface area contributed by atoms with Gasteiger partial charge in [-0.25, -0.2) is 0 Å². The van der Waals surface area contributed by atoms with Crippen molar-refractivity contribution >= 4 is 17.2 Å². The van der Waals surface area contributed by atoms with E-state index in [1.807, 2.05) is 30.3 Å². The van der Waals surface area contributed by atoms with Crippen LogP contribution < -0.4 is 10.1 Å². The zero-order valence-electron chi connectivity index (χ0n) is 10.9. The van der Waals surface area contributed by atoms with E-state index in [4.69, 9.17) is 17.0 Å². The van der Waals surface area contributed by atoms with E-state index in [0.29, 0.717) is 0 Å². The molecule has 0 saturated carbocycles. The fourth-order valence-corrected chi connectivity index (χ4v) is 2.05. The third-order valence-electron chi connectivity index (χ3n) is 2.89. The van der Waals surface area contributed by atoms with Gasteiger partial charge in [-0.1, -0.05) is 42.5 Å². The second-order valence-corrected chi connectivity index (χ2v) is 4.63. The summed E-state index contributed by atoms with van der Waals surface area (Å²) < 4.78 is 5.12. The van der Waals surface area contributed by atoms with Crippen molar-refractivity contribution in [1.82, 2.24) is 5.32 Å². The molecular weight excluding hydrogens is 254 g/mol. The van der Waals surface area contributed by atoms with Crippen LogP contribution in [0.4, 0.5) is 0 Å². The van der Waals surface area contributed by atoms with Crippen LogP contribution >= 0.6 is 12.2 Å². The van der Waals surface area contributed by atoms with Gasteiger partial charge in [0.05, 0.1) is 7.11 Å². The number of rotatable bonds is 5. The first-order valence-electron chi connectivity index (χ1n) is 6.26. The van der Waals surface area contributed by atoms with Crippen LogP contribution in [0.1, 0.15) is 11.1 Å². The topological polar surface area (TPSA) is 21.3 Å². The largest absolute Gasteiger partial charge is 0.497 e. The molecule has 0 fully saturated rings. The van der Waals surface area contributed by atoms with Gasteiger partial charge in [0.15, 0.2) is 0 Å². The molecule has 0 spiro atoms. The molecule has 0 aliphatic carbocycles. The van der Waals surface area contributed by atoms with Crippen LogP contribution in [-0.4, -0.2) is 18.6 Å². The van der Waals surface area contributed by atoms with E-state index in [0.717, 1.165) is 29.3 Å². The van der Waals surface area contributed by atoms with Gasteiger partial charge in [0, 0.05) is 12.1 Å². The zero-order chi connectivity index (χ0) is 13.5. The van der Waals surface area contributed by atoms with Crippen LogP contribution in [0.3, 0.4) is 0 Å². The summed E-state index contributed by atoms with van der Waals surface area (Å²) in [5.41, 5.74) is 2.33. The van der Waals surface area contributed by atoms with Gasteiger partial charge in [-0.15, -0.1) is 0 Å². The molecule has 1 N–H and O–H groups in total. The van der Waals surface area contributed by atoms with Crippen LogP contribution in [0.25, 0.3) is 0 Å². The third kappa shape index (κ3) is 4.07. The average Bonchev–Trinajstić information content (AvgIpc) is 2.48. The van der Waals surface area contributed by atoms with Crippen molar-refractivity contribution in [3.63, 3.8) is 0 Å². The van der Waals surface area contributed by atoms with E-state index in [-0.39, 0.29) is 0 Å². The van der Waals surface area contributed by atoms with Gasteiger partial charge in [0.2, 0.25) is 0 Å². The molecule has 0 radical (unpaired) electrons. The maximum absolute atomic E-state index is 5.36. The van der Waals surface area contributed by atoms with Gasteiger partial charge in [-0.05, 0) is 36.2 Å². The molecule has 0 aliphatic rings. The lowest BCUT2D eigenvalue weighted by Gasteiger charge is -2.08. The van der Waals surface area contributed by atoms with E-state index in [2.05, 4.69) is 29.6 Å². The van der Waals surface area contributed by atoms with Crippen molar-refractivity contribution < 1.29 is 4.74 Å². The Hall–Kier alpha value is -1.87. The highest BCUT2D eigenvalue weighted by atomic mass is 32.1. The lowest BCUT2D eigenvalue weighted by Crippen LogP contribution is -2.24. The van der Waals surface area contributed by atoms with Crippen LogP contribution in [0, 0.1) is 0 Å². The summed E-state index contributed by atoms with van der Waals surface area (Å²) in [5, 5.41) is 3.28. The number of thiocarbonyl (C=S) groups is 1. The Balaban J connectivity index is 1.84. The molecule has 0 aromatic heterocycles. The molecule has 3 heteroatoms. The molecular formula is C16H17NOS. The number of methoxy groups -OCH3 is 1. The second kappa shape index (κ2) is 6.90. The predicted molar refractivity (Wildman–Crippen MR) is 82.8 cm³/mol. The molecule has 2 nitrogen and oxygen atoms in total. The van der Waals surface area contributed by atoms with Crippen LogP contribution in [0.15, 0.2) is 54.6 Å². The molecule has 19 heavy (non-hydrogen) atoms. The van der Waals surface area contributed by atoms with Gasteiger partial charge < -0.3 is 10.1 Å². The molecule has 0 heterocycles. The average molecular weight is 271 g/mol. The molecule has 0 saturated heterocycles. The maximum Gasteiger partial charge on any atom is 0.118 e. The Morgan fingerprint density at radius 3 is 2.37 bits per heavy atom. The highest BCUT2D eigenvalue weighted by molar-refractivity contribution is 7.80. The normalized spacial score (nSPS) is 9.95. The first-order valence-corrected chi connectivity index (χ1v) is 6.66. The maximum atomic E-state index is 5.36. The Kier molecular flexibility index (Phi) is 4.93. The summed E-state index contributed by atoms with van der Waals surface area (Å²) in [7, 11) is 1.66. The zero-order valence-corrected chi connectivity index (χ0v) is 11.7. The van der Waals surface area contributed by atoms with Crippen LogP contribution in [0.5, 0.6) is 5.75 Å². The molecule has 0 unspecified atom stereocenters. The van der Waals surface area contributed by atoms with Crippen molar-refractivity contribution in [2.75, 3.05) is 13.7 Å². The number of benzene rings is 2. The number of hydrogen-bond acceptors (Lipinski definition) is 2. The van der Waals surface area contributed by atoms with Crippen molar-refractivity contribution in [3.8, 4) is 5.75 Å². The Labute approximate surface area is 119 Å². The molecule has 0 aliphatic heterocycles. The van der Waals surface area contributed by atoms with Crippen molar-refractivity contribution in [3.05, 3.63) is 65.7 Å². The molecule has 2 aromatic rings. The molecule has 0 atom stereocenters. The summed E-state index contributed by atoms with van der Waals surface area (Å²) in [5.74, 6) is 0.843. The standard InChI is InChI=1S/C16H17NOS/c1-18-15-9-7-14(8-10-15)16(19)17-12-11-13-5-3-2-4-6-13/h2-10H,11-12H2,1H3,(H,17,19). The lowest BCUT2D eigenvalue weighted by atomic mass is 10.1. The monoisotopic (exact) mass is 271 g/mol. The Morgan fingerprint density at radius 1 is 1.05 bits per heavy atom. The first-order chi connectivity index (χ1) is 9.29. The second-order valence-electron chi connectivity index (χ2n) is 4.22. The van der Waals surface area contributed by atoms with E-state index in [9.17, 15) is 0 Å². The summed E-state index contributed by atoms with van der Waals surface area (Å²) >= 11 is 5.36. The summed E-state index contributed by atoms with van der Waals surface area (Å²) in [6.45, 7) is 0.842. The summed E-state index contributed by atoms with van der Waals surface area (Å²) in [6.07, 6.45) is 0.969. The minimum Gasteiger partial charge on any atom is -0.497 e. The van der Waals surface area contributed by atoms with Gasteiger partial charge in [-0.2, -0.15) is 0 Å². The molecule has 0 amide bonds.